The van der Waals surface area contributed by atoms with Gasteiger partial charge in [0.1, 0.15) is 6.61 Å². The lowest BCUT2D eigenvalue weighted by atomic mass is 10.0. The largest absolute Gasteiger partial charge is 0.444 e. The zero-order valence-electron chi connectivity index (χ0n) is 15.2. The Kier molecular flexibility index (Phi) is 4.65. The molecule has 27 heavy (non-hydrogen) atoms. The third kappa shape index (κ3) is 3.33. The van der Waals surface area contributed by atoms with Crippen molar-refractivity contribution in [3.63, 3.8) is 0 Å². The van der Waals surface area contributed by atoms with Gasteiger partial charge in [-0.3, -0.25) is 4.90 Å². The summed E-state index contributed by atoms with van der Waals surface area (Å²) in [5.41, 5.74) is 2.87. The lowest BCUT2D eigenvalue weighted by Crippen LogP contribution is -2.50. The van der Waals surface area contributed by atoms with Gasteiger partial charge < -0.3 is 4.74 Å². The number of amides is 1. The summed E-state index contributed by atoms with van der Waals surface area (Å²) in [7, 11) is -3.51. The molecule has 1 fully saturated rings. The predicted molar refractivity (Wildman–Crippen MR) is 102 cm³/mol. The minimum absolute atomic E-state index is 0.0663. The predicted octanol–water partition coefficient (Wildman–Crippen LogP) is 3.30. The van der Waals surface area contributed by atoms with E-state index in [1.54, 1.807) is 29.2 Å². The summed E-state index contributed by atoms with van der Waals surface area (Å²) in [5, 5.41) is 0. The number of anilines is 1. The highest BCUT2D eigenvalue weighted by molar-refractivity contribution is 7.89. The Morgan fingerprint density at radius 2 is 1.67 bits per heavy atom. The molecule has 0 radical (unpaired) electrons. The molecule has 0 atom stereocenters. The molecule has 4 rings (SSSR count). The van der Waals surface area contributed by atoms with Crippen molar-refractivity contribution in [2.75, 3.05) is 18.0 Å². The van der Waals surface area contributed by atoms with Crippen LogP contribution < -0.4 is 4.90 Å². The summed E-state index contributed by atoms with van der Waals surface area (Å²) in [5.74, 6) is 0. The number of hydrogen-bond acceptors (Lipinski definition) is 4. The van der Waals surface area contributed by atoms with Crippen LogP contribution >= 0.6 is 0 Å². The van der Waals surface area contributed by atoms with Gasteiger partial charge in [0.05, 0.1) is 10.6 Å². The summed E-state index contributed by atoms with van der Waals surface area (Å²) >= 11 is 0. The molecule has 2 aromatic rings. The number of carbonyl (C=O) groups excluding carboxylic acids is 1. The van der Waals surface area contributed by atoms with Gasteiger partial charge in [0, 0.05) is 24.7 Å². The molecule has 0 bridgehead atoms. The smallest absolute Gasteiger partial charge is 0.414 e. The summed E-state index contributed by atoms with van der Waals surface area (Å²) in [4.78, 5) is 14.4. The molecule has 2 aliphatic rings. The third-order valence-corrected chi connectivity index (χ3v) is 7.16. The molecule has 0 aromatic heterocycles. The standard InChI is InChI=1S/C20H22N2O4S/c1-15-6-8-18(9-7-15)27(24,25)21-12-10-17(11-13-21)22-19-5-3-2-4-16(19)14-26-20(22)23/h2-9,17H,10-14H2,1H3. The minimum Gasteiger partial charge on any atom is -0.444 e. The Labute approximate surface area is 159 Å². The second-order valence-electron chi connectivity index (χ2n) is 7.00. The zero-order chi connectivity index (χ0) is 19.0. The van der Waals surface area contributed by atoms with Crippen LogP contribution in [0.5, 0.6) is 0 Å². The van der Waals surface area contributed by atoms with E-state index in [0.717, 1.165) is 16.8 Å². The van der Waals surface area contributed by atoms with Gasteiger partial charge in [-0.05, 0) is 38.0 Å². The van der Waals surface area contributed by atoms with Crippen LogP contribution in [-0.4, -0.2) is 37.9 Å². The molecule has 0 N–H and O–H groups in total. The molecule has 2 aromatic carbocycles. The van der Waals surface area contributed by atoms with Gasteiger partial charge in [-0.2, -0.15) is 4.31 Å². The Morgan fingerprint density at radius 3 is 2.37 bits per heavy atom. The van der Waals surface area contributed by atoms with Gasteiger partial charge in [-0.25, -0.2) is 13.2 Å². The Hall–Kier alpha value is -2.38. The van der Waals surface area contributed by atoms with Crippen molar-refractivity contribution in [2.45, 2.75) is 37.3 Å². The van der Waals surface area contributed by atoms with Gasteiger partial charge in [0.2, 0.25) is 10.0 Å². The van der Waals surface area contributed by atoms with E-state index in [1.165, 1.54) is 4.31 Å². The fourth-order valence-electron chi connectivity index (χ4n) is 3.72. The molecule has 1 saturated heterocycles. The Bertz CT molecular complexity index is 948. The van der Waals surface area contributed by atoms with Crippen molar-refractivity contribution >= 4 is 21.8 Å². The van der Waals surface area contributed by atoms with Crippen LogP contribution in [0.3, 0.4) is 0 Å². The number of ether oxygens (including phenoxy) is 1. The maximum absolute atomic E-state index is 12.9. The average Bonchev–Trinajstić information content (AvgIpc) is 2.68. The maximum atomic E-state index is 12.9. The van der Waals surface area contributed by atoms with Crippen LogP contribution in [0.2, 0.25) is 0 Å². The second-order valence-corrected chi connectivity index (χ2v) is 8.94. The first-order valence-corrected chi connectivity index (χ1v) is 10.5. The van der Waals surface area contributed by atoms with E-state index in [1.807, 2.05) is 31.2 Å². The monoisotopic (exact) mass is 386 g/mol. The van der Waals surface area contributed by atoms with Crippen molar-refractivity contribution < 1.29 is 17.9 Å². The number of hydrogen-bond donors (Lipinski definition) is 0. The van der Waals surface area contributed by atoms with Crippen molar-refractivity contribution in [2.24, 2.45) is 0 Å². The minimum atomic E-state index is -3.51. The third-order valence-electron chi connectivity index (χ3n) is 5.25. The molecule has 0 saturated carbocycles. The number of benzene rings is 2. The first-order chi connectivity index (χ1) is 13.0. The number of piperidine rings is 1. The normalized spacial score (nSPS) is 18.9. The molecule has 7 heteroatoms. The molecule has 0 aliphatic carbocycles. The highest BCUT2D eigenvalue weighted by atomic mass is 32.2. The van der Waals surface area contributed by atoms with Gasteiger partial charge in [0.25, 0.3) is 0 Å². The quantitative estimate of drug-likeness (QED) is 0.812. The highest BCUT2D eigenvalue weighted by Gasteiger charge is 2.36. The fourth-order valence-corrected chi connectivity index (χ4v) is 5.19. The van der Waals surface area contributed by atoms with E-state index in [9.17, 15) is 13.2 Å². The van der Waals surface area contributed by atoms with Crippen LogP contribution in [0.15, 0.2) is 53.4 Å². The number of carbonyl (C=O) groups is 1. The molecule has 142 valence electrons. The number of nitrogens with zero attached hydrogens (tertiary/aromatic N) is 2. The van der Waals surface area contributed by atoms with E-state index < -0.39 is 10.0 Å². The van der Waals surface area contributed by atoms with E-state index in [4.69, 9.17) is 4.74 Å². The van der Waals surface area contributed by atoms with Gasteiger partial charge in [0.15, 0.2) is 0 Å². The van der Waals surface area contributed by atoms with Crippen LogP contribution in [0.1, 0.15) is 24.0 Å². The van der Waals surface area contributed by atoms with Crippen LogP contribution in [0.4, 0.5) is 10.5 Å². The van der Waals surface area contributed by atoms with Crippen LogP contribution in [0.25, 0.3) is 0 Å². The van der Waals surface area contributed by atoms with Crippen molar-refractivity contribution in [3.8, 4) is 0 Å². The number of sulfonamides is 1. The zero-order valence-corrected chi connectivity index (χ0v) is 16.0. The first kappa shape index (κ1) is 18.0. The topological polar surface area (TPSA) is 66.9 Å². The van der Waals surface area contributed by atoms with E-state index in [0.29, 0.717) is 30.8 Å². The lowest BCUT2D eigenvalue weighted by Gasteiger charge is -2.39. The van der Waals surface area contributed by atoms with Gasteiger partial charge in [-0.1, -0.05) is 35.9 Å². The fraction of sp³-hybridized carbons (Fsp3) is 0.350. The van der Waals surface area contributed by atoms with Crippen LogP contribution in [0, 0.1) is 6.92 Å². The van der Waals surface area contributed by atoms with Gasteiger partial charge >= 0.3 is 6.09 Å². The number of cyclic esters (lactones) is 1. The molecule has 2 heterocycles. The Morgan fingerprint density at radius 1 is 1.00 bits per heavy atom. The average molecular weight is 386 g/mol. The molecule has 0 spiro atoms. The molecule has 0 unspecified atom stereocenters. The van der Waals surface area contributed by atoms with Crippen LogP contribution in [-0.2, 0) is 21.4 Å². The van der Waals surface area contributed by atoms with E-state index in [2.05, 4.69) is 0 Å². The van der Waals surface area contributed by atoms with Gasteiger partial charge in [-0.15, -0.1) is 0 Å². The van der Waals surface area contributed by atoms with Crippen molar-refractivity contribution in [1.29, 1.82) is 0 Å². The maximum Gasteiger partial charge on any atom is 0.414 e. The van der Waals surface area contributed by atoms with E-state index in [-0.39, 0.29) is 18.7 Å². The molecule has 6 nitrogen and oxygen atoms in total. The lowest BCUT2D eigenvalue weighted by molar-refractivity contribution is 0.136. The van der Waals surface area contributed by atoms with E-state index >= 15 is 0 Å². The molecule has 1 amide bonds. The molecular formula is C20H22N2O4S. The number of rotatable bonds is 3. The number of fused-ring (bicyclic) bond motifs is 1. The van der Waals surface area contributed by atoms with Crippen molar-refractivity contribution in [1.82, 2.24) is 4.31 Å². The first-order valence-electron chi connectivity index (χ1n) is 9.07. The summed E-state index contributed by atoms with van der Waals surface area (Å²) in [6.07, 6.45) is 0.803. The molecule has 2 aliphatic heterocycles. The summed E-state index contributed by atoms with van der Waals surface area (Å²) < 4.78 is 32.5. The second kappa shape index (κ2) is 6.98. The molecular weight excluding hydrogens is 364 g/mol. The summed E-state index contributed by atoms with van der Waals surface area (Å²) in [6.45, 7) is 2.98. The highest BCUT2D eigenvalue weighted by Crippen LogP contribution is 2.32. The number of aryl methyl sites for hydroxylation is 1. The SMILES string of the molecule is Cc1ccc(S(=O)(=O)N2CCC(N3C(=O)OCc4ccccc43)CC2)cc1. The Balaban J connectivity index is 1.51. The van der Waals surface area contributed by atoms with Crippen molar-refractivity contribution in [3.05, 3.63) is 59.7 Å². The summed E-state index contributed by atoms with van der Waals surface area (Å²) in [6, 6.07) is 14.5. The number of para-hydroxylation sites is 1.